The van der Waals surface area contributed by atoms with E-state index in [4.69, 9.17) is 17.0 Å². The number of nitrogens with one attached hydrogen (secondary N) is 1. The number of hydrogen-bond acceptors (Lipinski definition) is 2. The summed E-state index contributed by atoms with van der Waals surface area (Å²) in [7, 11) is 1.67. The molecule has 1 N–H and O–H groups in total. The molecule has 0 spiro atoms. The highest BCUT2D eigenvalue weighted by atomic mass is 32.1. The van der Waals surface area contributed by atoms with Gasteiger partial charge >= 0.3 is 0 Å². The van der Waals surface area contributed by atoms with Crippen molar-refractivity contribution in [2.24, 2.45) is 0 Å². The van der Waals surface area contributed by atoms with Gasteiger partial charge in [0.1, 0.15) is 5.52 Å². The summed E-state index contributed by atoms with van der Waals surface area (Å²) in [5, 5.41) is 0. The molecule has 102 valence electrons. The fourth-order valence-corrected chi connectivity index (χ4v) is 3.22. The summed E-state index contributed by atoms with van der Waals surface area (Å²) >= 11 is 5.24. The summed E-state index contributed by atoms with van der Waals surface area (Å²) in [6.45, 7) is 0. The van der Waals surface area contributed by atoms with E-state index in [9.17, 15) is 8.78 Å². The molecule has 2 aromatic rings. The Morgan fingerprint density at radius 1 is 1.37 bits per heavy atom. The van der Waals surface area contributed by atoms with Crippen LogP contribution in [0.1, 0.15) is 25.3 Å². The number of rotatable bonds is 2. The molecule has 0 aliphatic heterocycles. The van der Waals surface area contributed by atoms with E-state index in [0.29, 0.717) is 10.3 Å². The second-order valence-corrected chi connectivity index (χ2v) is 5.27. The molecule has 0 amide bonds. The van der Waals surface area contributed by atoms with Gasteiger partial charge in [-0.25, -0.2) is 8.78 Å². The SMILES string of the molecule is COC1CCC(n2c(=S)[nH]c3ccc(F)c(F)c32)C1. The quantitative estimate of drug-likeness (QED) is 0.852. The van der Waals surface area contributed by atoms with E-state index < -0.39 is 11.6 Å². The van der Waals surface area contributed by atoms with Crippen LogP contribution in [0, 0.1) is 16.4 Å². The van der Waals surface area contributed by atoms with E-state index in [1.165, 1.54) is 6.07 Å². The van der Waals surface area contributed by atoms with Crippen LogP contribution in [0.2, 0.25) is 0 Å². The molecule has 3 nitrogen and oxygen atoms in total. The van der Waals surface area contributed by atoms with Gasteiger partial charge < -0.3 is 14.3 Å². The summed E-state index contributed by atoms with van der Waals surface area (Å²) in [4.78, 5) is 2.94. The molecule has 1 aliphatic carbocycles. The maximum atomic E-state index is 14.0. The van der Waals surface area contributed by atoms with Crippen molar-refractivity contribution in [1.29, 1.82) is 0 Å². The largest absolute Gasteiger partial charge is 0.381 e. The van der Waals surface area contributed by atoms with Crippen molar-refractivity contribution in [3.8, 4) is 0 Å². The monoisotopic (exact) mass is 284 g/mol. The molecule has 1 aliphatic rings. The maximum absolute atomic E-state index is 14.0. The first-order valence-electron chi connectivity index (χ1n) is 6.23. The topological polar surface area (TPSA) is 29.9 Å². The summed E-state index contributed by atoms with van der Waals surface area (Å²) in [5.41, 5.74) is 0.761. The highest BCUT2D eigenvalue weighted by molar-refractivity contribution is 7.71. The zero-order chi connectivity index (χ0) is 13.6. The average Bonchev–Trinajstić information content (AvgIpc) is 2.97. The Balaban J connectivity index is 2.16. The number of aromatic nitrogens is 2. The second kappa shape index (κ2) is 4.68. The lowest BCUT2D eigenvalue weighted by atomic mass is 10.2. The lowest BCUT2D eigenvalue weighted by molar-refractivity contribution is 0.106. The summed E-state index contributed by atoms with van der Waals surface area (Å²) in [6.07, 6.45) is 2.70. The Bertz CT molecular complexity index is 679. The third kappa shape index (κ3) is 1.99. The predicted molar refractivity (Wildman–Crippen MR) is 70.7 cm³/mol. The maximum Gasteiger partial charge on any atom is 0.184 e. The molecule has 1 saturated carbocycles. The third-order valence-corrected chi connectivity index (χ3v) is 4.12. The Morgan fingerprint density at radius 3 is 2.84 bits per heavy atom. The number of benzene rings is 1. The number of H-pyrrole nitrogens is 1. The van der Waals surface area contributed by atoms with E-state index in [1.54, 1.807) is 11.7 Å². The molecule has 0 bridgehead atoms. The molecule has 0 saturated heterocycles. The normalized spacial score (nSPS) is 23.3. The molecule has 3 rings (SSSR count). The van der Waals surface area contributed by atoms with Crippen LogP contribution in [-0.4, -0.2) is 22.8 Å². The molecule has 0 radical (unpaired) electrons. The van der Waals surface area contributed by atoms with Gasteiger partial charge in [0.15, 0.2) is 16.4 Å². The number of hydrogen-bond donors (Lipinski definition) is 1. The number of halogens is 2. The predicted octanol–water partition coefficient (Wildman–Crippen LogP) is 3.72. The second-order valence-electron chi connectivity index (χ2n) is 4.88. The van der Waals surface area contributed by atoms with Gasteiger partial charge in [-0.15, -0.1) is 0 Å². The highest BCUT2D eigenvalue weighted by Crippen LogP contribution is 2.35. The highest BCUT2D eigenvalue weighted by Gasteiger charge is 2.28. The molecular formula is C13H14F2N2OS. The van der Waals surface area contributed by atoms with Gasteiger partial charge in [0.25, 0.3) is 0 Å². The fraction of sp³-hybridized carbons (Fsp3) is 0.462. The van der Waals surface area contributed by atoms with Crippen LogP contribution < -0.4 is 0 Å². The summed E-state index contributed by atoms with van der Waals surface area (Å²) in [5.74, 6) is -1.69. The van der Waals surface area contributed by atoms with E-state index >= 15 is 0 Å². The minimum Gasteiger partial charge on any atom is -0.381 e. The third-order valence-electron chi connectivity index (χ3n) is 3.83. The van der Waals surface area contributed by atoms with Crippen LogP contribution in [0.15, 0.2) is 12.1 Å². The van der Waals surface area contributed by atoms with Crippen molar-refractivity contribution in [1.82, 2.24) is 9.55 Å². The van der Waals surface area contributed by atoms with Gasteiger partial charge in [-0.3, -0.25) is 0 Å². The fourth-order valence-electron chi connectivity index (χ4n) is 2.87. The molecule has 2 atom stereocenters. The summed E-state index contributed by atoms with van der Waals surface area (Å²) in [6, 6.07) is 2.69. The Hall–Kier alpha value is -1.27. The minimum atomic E-state index is -0.850. The number of methoxy groups -OCH3 is 1. The van der Waals surface area contributed by atoms with E-state index in [2.05, 4.69) is 4.98 Å². The number of imidazole rings is 1. The lowest BCUT2D eigenvalue weighted by Gasteiger charge is -2.14. The van der Waals surface area contributed by atoms with Gasteiger partial charge in [0, 0.05) is 13.2 Å². The number of nitrogens with zero attached hydrogens (tertiary/aromatic N) is 1. The van der Waals surface area contributed by atoms with Crippen molar-refractivity contribution in [2.45, 2.75) is 31.4 Å². The molecule has 6 heteroatoms. The van der Waals surface area contributed by atoms with Crippen molar-refractivity contribution < 1.29 is 13.5 Å². The van der Waals surface area contributed by atoms with Crippen molar-refractivity contribution in [3.05, 3.63) is 28.5 Å². The zero-order valence-corrected chi connectivity index (χ0v) is 11.3. The molecule has 19 heavy (non-hydrogen) atoms. The molecule has 2 unspecified atom stereocenters. The van der Waals surface area contributed by atoms with Crippen LogP contribution in [0.4, 0.5) is 8.78 Å². The molecule has 1 heterocycles. The number of fused-ring (bicyclic) bond motifs is 1. The van der Waals surface area contributed by atoms with Crippen LogP contribution in [0.5, 0.6) is 0 Å². The smallest absolute Gasteiger partial charge is 0.184 e. The number of aromatic amines is 1. The van der Waals surface area contributed by atoms with Crippen LogP contribution >= 0.6 is 12.2 Å². The number of ether oxygens (including phenoxy) is 1. The van der Waals surface area contributed by atoms with Crippen LogP contribution in [0.3, 0.4) is 0 Å². The molecule has 1 fully saturated rings. The van der Waals surface area contributed by atoms with Gasteiger partial charge in [-0.1, -0.05) is 0 Å². The lowest BCUT2D eigenvalue weighted by Crippen LogP contribution is -2.10. The van der Waals surface area contributed by atoms with Crippen LogP contribution in [-0.2, 0) is 4.74 Å². The van der Waals surface area contributed by atoms with Gasteiger partial charge in [-0.2, -0.15) is 0 Å². The van der Waals surface area contributed by atoms with Crippen molar-refractivity contribution in [2.75, 3.05) is 7.11 Å². The van der Waals surface area contributed by atoms with Gasteiger partial charge in [-0.05, 0) is 43.6 Å². The first kappa shape index (κ1) is 12.7. The molecule has 1 aromatic carbocycles. The van der Waals surface area contributed by atoms with Crippen molar-refractivity contribution in [3.63, 3.8) is 0 Å². The van der Waals surface area contributed by atoms with Gasteiger partial charge in [0.2, 0.25) is 0 Å². The van der Waals surface area contributed by atoms with E-state index in [-0.39, 0.29) is 17.7 Å². The zero-order valence-electron chi connectivity index (χ0n) is 10.5. The summed E-state index contributed by atoms with van der Waals surface area (Å²) < 4.78 is 34.9. The van der Waals surface area contributed by atoms with Crippen LogP contribution in [0.25, 0.3) is 11.0 Å². The molecule has 1 aromatic heterocycles. The minimum absolute atomic E-state index is 0.0579. The Kier molecular flexibility index (Phi) is 3.14. The average molecular weight is 284 g/mol. The molecular weight excluding hydrogens is 270 g/mol. The standard InChI is InChI=1S/C13H14F2N2OS/c1-18-8-3-2-7(6-8)17-12-10(16-13(17)19)5-4-9(14)11(12)15/h4-5,7-8H,2-3,6H2,1H3,(H,16,19). The first-order valence-corrected chi connectivity index (χ1v) is 6.63. The van der Waals surface area contributed by atoms with E-state index in [1.807, 2.05) is 0 Å². The first-order chi connectivity index (χ1) is 9.11. The Morgan fingerprint density at radius 2 is 2.16 bits per heavy atom. The van der Waals surface area contributed by atoms with Gasteiger partial charge in [0.05, 0.1) is 11.6 Å². The Labute approximate surface area is 114 Å². The van der Waals surface area contributed by atoms with Crippen molar-refractivity contribution >= 4 is 23.3 Å². The van der Waals surface area contributed by atoms with E-state index in [0.717, 1.165) is 25.3 Å².